The van der Waals surface area contributed by atoms with Crippen LogP contribution in [0.1, 0.15) is 56.3 Å². The van der Waals surface area contributed by atoms with Crippen LogP contribution in [0.2, 0.25) is 0 Å². The minimum absolute atomic E-state index is 0.00459. The molecule has 2 aliphatic heterocycles. The van der Waals surface area contributed by atoms with Gasteiger partial charge in [0.1, 0.15) is 0 Å². The summed E-state index contributed by atoms with van der Waals surface area (Å²) in [5.41, 5.74) is 2.30. The van der Waals surface area contributed by atoms with Crippen molar-refractivity contribution < 1.29 is 9.59 Å². The Morgan fingerprint density at radius 1 is 1.11 bits per heavy atom. The lowest BCUT2D eigenvalue weighted by Crippen LogP contribution is -2.48. The Labute approximate surface area is 168 Å². The zero-order valence-electron chi connectivity index (χ0n) is 17.9. The maximum Gasteiger partial charge on any atom is 0.223 e. The molecule has 0 N–H and O–H groups in total. The molecule has 0 aliphatic carbocycles. The quantitative estimate of drug-likeness (QED) is 0.772. The van der Waals surface area contributed by atoms with Crippen LogP contribution in [-0.2, 0) is 23.2 Å². The Bertz CT molecular complexity index is 714. The van der Waals surface area contributed by atoms with Gasteiger partial charge in [-0.05, 0) is 51.6 Å². The fourth-order valence-electron chi connectivity index (χ4n) is 4.85. The largest absolute Gasteiger partial charge is 0.349 e. The zero-order chi connectivity index (χ0) is 20.3. The molecule has 156 valence electrons. The lowest BCUT2D eigenvalue weighted by Gasteiger charge is -2.38. The molecule has 0 saturated carbocycles. The molecule has 2 aliphatic rings. The monoisotopic (exact) mass is 389 g/mol. The summed E-state index contributed by atoms with van der Waals surface area (Å²) in [5.74, 6) is 0.184. The Balaban J connectivity index is 1.61. The second-order valence-corrected chi connectivity index (χ2v) is 8.69. The zero-order valence-corrected chi connectivity index (χ0v) is 17.9. The maximum absolute atomic E-state index is 12.9. The molecule has 0 aromatic carbocycles. The van der Waals surface area contributed by atoms with Crippen LogP contribution in [0.25, 0.3) is 0 Å². The van der Waals surface area contributed by atoms with Crippen LogP contribution in [-0.4, -0.2) is 75.6 Å². The standard InChI is InChI=1S/C21H35N5O2/c1-17-15-18(24(4)22-17)16-25-12-5-9-21(11-14-25)10-6-13-26(21)20(28)8-7-19(27)23(2)3/h15H,5-14,16H2,1-4H3. The Morgan fingerprint density at radius 2 is 1.82 bits per heavy atom. The minimum atomic E-state index is -0.00459. The summed E-state index contributed by atoms with van der Waals surface area (Å²) in [7, 11) is 5.50. The molecule has 7 heteroatoms. The van der Waals surface area contributed by atoms with E-state index in [1.54, 1.807) is 19.0 Å². The molecule has 0 bridgehead atoms. The molecule has 3 heterocycles. The SMILES string of the molecule is Cc1cc(CN2CCCC3(CCCN3C(=O)CCC(=O)N(C)C)CC2)n(C)n1. The number of aromatic nitrogens is 2. The van der Waals surface area contributed by atoms with E-state index in [4.69, 9.17) is 0 Å². The maximum atomic E-state index is 12.9. The summed E-state index contributed by atoms with van der Waals surface area (Å²) in [6.07, 6.45) is 6.02. The fourth-order valence-corrected chi connectivity index (χ4v) is 4.85. The summed E-state index contributed by atoms with van der Waals surface area (Å²) in [5, 5.41) is 4.46. The van der Waals surface area contributed by atoms with Gasteiger partial charge in [-0.2, -0.15) is 5.10 Å². The van der Waals surface area contributed by atoms with Gasteiger partial charge in [0.05, 0.1) is 11.4 Å². The number of likely N-dealkylation sites (tertiary alicyclic amines) is 2. The molecule has 1 aromatic heterocycles. The first-order valence-corrected chi connectivity index (χ1v) is 10.5. The highest BCUT2D eigenvalue weighted by Crippen LogP contribution is 2.39. The molecule has 1 aromatic rings. The Morgan fingerprint density at radius 3 is 2.46 bits per heavy atom. The molecule has 2 fully saturated rings. The number of rotatable bonds is 5. The number of nitrogens with zero attached hydrogens (tertiary/aromatic N) is 5. The molecule has 7 nitrogen and oxygen atoms in total. The van der Waals surface area contributed by atoms with Crippen molar-refractivity contribution in [2.45, 2.75) is 64.0 Å². The van der Waals surface area contributed by atoms with Gasteiger partial charge in [-0.3, -0.25) is 19.2 Å². The Hall–Kier alpha value is -1.89. The van der Waals surface area contributed by atoms with E-state index in [0.717, 1.165) is 64.0 Å². The first kappa shape index (κ1) is 20.8. The number of carbonyl (C=O) groups excluding carboxylic acids is 2. The van der Waals surface area contributed by atoms with E-state index < -0.39 is 0 Å². The number of hydrogen-bond acceptors (Lipinski definition) is 4. The van der Waals surface area contributed by atoms with Crippen molar-refractivity contribution in [2.75, 3.05) is 33.7 Å². The van der Waals surface area contributed by atoms with Gasteiger partial charge in [0.15, 0.2) is 0 Å². The molecule has 2 saturated heterocycles. The second kappa shape index (κ2) is 8.64. The molecule has 1 atom stereocenters. The fraction of sp³-hybridized carbons (Fsp3) is 0.762. The van der Waals surface area contributed by atoms with E-state index >= 15 is 0 Å². The van der Waals surface area contributed by atoms with Gasteiger partial charge in [-0.15, -0.1) is 0 Å². The van der Waals surface area contributed by atoms with Crippen LogP contribution in [0.4, 0.5) is 0 Å². The highest BCUT2D eigenvalue weighted by Gasteiger charge is 2.43. The van der Waals surface area contributed by atoms with Gasteiger partial charge in [-0.25, -0.2) is 0 Å². The molecule has 1 unspecified atom stereocenters. The number of amides is 2. The van der Waals surface area contributed by atoms with E-state index in [9.17, 15) is 9.59 Å². The van der Waals surface area contributed by atoms with Crippen molar-refractivity contribution in [2.24, 2.45) is 7.05 Å². The molecule has 1 spiro atoms. The van der Waals surface area contributed by atoms with Gasteiger partial charge in [-0.1, -0.05) is 0 Å². The first-order valence-electron chi connectivity index (χ1n) is 10.5. The van der Waals surface area contributed by atoms with Gasteiger partial charge in [0.2, 0.25) is 11.8 Å². The molecular weight excluding hydrogens is 354 g/mol. The third-order valence-electron chi connectivity index (χ3n) is 6.44. The molecule has 28 heavy (non-hydrogen) atoms. The predicted molar refractivity (Wildman–Crippen MR) is 109 cm³/mol. The third kappa shape index (κ3) is 4.57. The predicted octanol–water partition coefficient (Wildman–Crippen LogP) is 1.94. The smallest absolute Gasteiger partial charge is 0.223 e. The van der Waals surface area contributed by atoms with Crippen molar-refractivity contribution in [3.8, 4) is 0 Å². The van der Waals surface area contributed by atoms with Crippen molar-refractivity contribution in [3.05, 3.63) is 17.5 Å². The second-order valence-electron chi connectivity index (χ2n) is 8.69. The van der Waals surface area contributed by atoms with Crippen LogP contribution in [0.15, 0.2) is 6.07 Å². The lowest BCUT2D eigenvalue weighted by atomic mass is 9.87. The van der Waals surface area contributed by atoms with Crippen molar-refractivity contribution in [1.82, 2.24) is 24.5 Å². The number of hydrogen-bond donors (Lipinski definition) is 0. The normalized spacial score (nSPS) is 23.2. The lowest BCUT2D eigenvalue weighted by molar-refractivity contribution is -0.139. The third-order valence-corrected chi connectivity index (χ3v) is 6.44. The average Bonchev–Trinajstić information content (AvgIpc) is 3.12. The molecule has 3 rings (SSSR count). The Kier molecular flexibility index (Phi) is 6.43. The van der Waals surface area contributed by atoms with Gasteiger partial charge in [0.25, 0.3) is 0 Å². The van der Waals surface area contributed by atoms with Crippen LogP contribution in [0, 0.1) is 6.92 Å². The summed E-state index contributed by atoms with van der Waals surface area (Å²) in [4.78, 5) is 31.0. The number of carbonyl (C=O) groups is 2. The minimum Gasteiger partial charge on any atom is -0.349 e. The van der Waals surface area contributed by atoms with Gasteiger partial charge < -0.3 is 9.80 Å². The van der Waals surface area contributed by atoms with Crippen LogP contribution in [0.5, 0.6) is 0 Å². The van der Waals surface area contributed by atoms with Crippen molar-refractivity contribution in [1.29, 1.82) is 0 Å². The highest BCUT2D eigenvalue weighted by molar-refractivity contribution is 5.84. The van der Waals surface area contributed by atoms with Gasteiger partial charge in [0, 0.05) is 59.2 Å². The number of aryl methyl sites for hydroxylation is 2. The van der Waals surface area contributed by atoms with Crippen LogP contribution < -0.4 is 0 Å². The van der Waals surface area contributed by atoms with Crippen LogP contribution in [0.3, 0.4) is 0 Å². The summed E-state index contributed by atoms with van der Waals surface area (Å²) >= 11 is 0. The molecule has 2 amide bonds. The molecule has 0 radical (unpaired) electrons. The highest BCUT2D eigenvalue weighted by atomic mass is 16.2. The molecular formula is C21H35N5O2. The van der Waals surface area contributed by atoms with E-state index in [1.807, 2.05) is 18.7 Å². The van der Waals surface area contributed by atoms with E-state index in [1.165, 1.54) is 5.69 Å². The van der Waals surface area contributed by atoms with E-state index in [0.29, 0.717) is 12.8 Å². The van der Waals surface area contributed by atoms with Crippen molar-refractivity contribution >= 4 is 11.8 Å². The van der Waals surface area contributed by atoms with Crippen LogP contribution >= 0.6 is 0 Å². The summed E-state index contributed by atoms with van der Waals surface area (Å²) in [6.45, 7) is 5.86. The van der Waals surface area contributed by atoms with Crippen molar-refractivity contribution in [3.63, 3.8) is 0 Å². The summed E-state index contributed by atoms with van der Waals surface area (Å²) in [6, 6.07) is 2.16. The van der Waals surface area contributed by atoms with E-state index in [2.05, 4.69) is 21.0 Å². The topological polar surface area (TPSA) is 61.7 Å². The van der Waals surface area contributed by atoms with Gasteiger partial charge >= 0.3 is 0 Å². The first-order chi connectivity index (χ1) is 13.3. The summed E-state index contributed by atoms with van der Waals surface area (Å²) < 4.78 is 1.98. The van der Waals surface area contributed by atoms with E-state index in [-0.39, 0.29) is 17.4 Å². The average molecular weight is 390 g/mol.